The van der Waals surface area contributed by atoms with Crippen molar-refractivity contribution >= 4 is 27.1 Å². The largest absolute Gasteiger partial charge is 0.276 e. The summed E-state index contributed by atoms with van der Waals surface area (Å²) in [4.78, 5) is 19.3. The maximum Gasteiger partial charge on any atom is 0.271 e. The first-order chi connectivity index (χ1) is 10.7. The average molecular weight is 341 g/mol. The SMILES string of the molecule is O=[N+]([O-])c1ccc(S(=O)(=O)Nc2cc([N+](=O)[O-])ccc2F)cc1. The molecule has 0 heterocycles. The molecule has 9 nitrogen and oxygen atoms in total. The fourth-order valence-electron chi connectivity index (χ4n) is 1.66. The highest BCUT2D eigenvalue weighted by atomic mass is 32.2. The number of halogens is 1. The summed E-state index contributed by atoms with van der Waals surface area (Å²) in [6.45, 7) is 0. The van der Waals surface area contributed by atoms with Crippen LogP contribution in [0.3, 0.4) is 0 Å². The average Bonchev–Trinajstić information content (AvgIpc) is 2.49. The zero-order chi connectivity index (χ0) is 17.2. The molecule has 0 aliphatic heterocycles. The number of nitro benzene ring substituents is 2. The third kappa shape index (κ3) is 3.58. The molecule has 2 aromatic rings. The summed E-state index contributed by atoms with van der Waals surface area (Å²) in [6, 6.07) is 6.26. The lowest BCUT2D eigenvalue weighted by atomic mass is 10.3. The highest BCUT2D eigenvalue weighted by Crippen LogP contribution is 2.24. The van der Waals surface area contributed by atoms with Crippen LogP contribution in [0.25, 0.3) is 0 Å². The molecule has 2 aromatic carbocycles. The third-order valence-corrected chi connectivity index (χ3v) is 4.14. The smallest absolute Gasteiger partial charge is 0.271 e. The molecule has 23 heavy (non-hydrogen) atoms. The highest BCUT2D eigenvalue weighted by molar-refractivity contribution is 7.92. The van der Waals surface area contributed by atoms with Gasteiger partial charge in [-0.2, -0.15) is 0 Å². The highest BCUT2D eigenvalue weighted by Gasteiger charge is 2.19. The number of benzene rings is 2. The van der Waals surface area contributed by atoms with E-state index in [0.29, 0.717) is 0 Å². The second-order valence-corrected chi connectivity index (χ2v) is 5.96. The molecule has 0 unspecified atom stereocenters. The van der Waals surface area contributed by atoms with Gasteiger partial charge in [-0.15, -0.1) is 0 Å². The van der Waals surface area contributed by atoms with Crippen LogP contribution in [0.1, 0.15) is 0 Å². The van der Waals surface area contributed by atoms with Crippen LogP contribution in [0.4, 0.5) is 21.5 Å². The number of nitro groups is 2. The predicted octanol–water partition coefficient (Wildman–Crippen LogP) is 2.44. The fraction of sp³-hybridized carbons (Fsp3) is 0. The minimum Gasteiger partial charge on any atom is -0.276 e. The Balaban J connectivity index is 2.36. The lowest BCUT2D eigenvalue weighted by Crippen LogP contribution is -2.14. The summed E-state index contributed by atoms with van der Waals surface area (Å²) in [5.41, 5.74) is -1.41. The first-order valence-corrected chi connectivity index (χ1v) is 7.40. The Hall–Kier alpha value is -3.08. The van der Waals surface area contributed by atoms with E-state index in [1.807, 2.05) is 4.72 Å². The molecular formula is C12H8FN3O6S. The number of nitrogens with one attached hydrogen (secondary N) is 1. The maximum absolute atomic E-state index is 13.6. The third-order valence-electron chi connectivity index (χ3n) is 2.76. The van der Waals surface area contributed by atoms with Gasteiger partial charge in [0.2, 0.25) is 0 Å². The van der Waals surface area contributed by atoms with Gasteiger partial charge in [-0.1, -0.05) is 0 Å². The molecule has 0 amide bonds. The van der Waals surface area contributed by atoms with Crippen LogP contribution in [-0.4, -0.2) is 18.3 Å². The van der Waals surface area contributed by atoms with E-state index in [0.717, 1.165) is 42.5 Å². The van der Waals surface area contributed by atoms with Gasteiger partial charge in [0.15, 0.2) is 0 Å². The molecule has 1 N–H and O–H groups in total. The Bertz CT molecular complexity index is 882. The van der Waals surface area contributed by atoms with Crippen LogP contribution in [0, 0.1) is 26.0 Å². The Labute approximate surface area is 128 Å². The van der Waals surface area contributed by atoms with Gasteiger partial charge >= 0.3 is 0 Å². The van der Waals surface area contributed by atoms with E-state index in [9.17, 15) is 33.0 Å². The Morgan fingerprint density at radius 3 is 1.96 bits per heavy atom. The Kier molecular flexibility index (Phi) is 4.22. The fourth-order valence-corrected chi connectivity index (χ4v) is 2.71. The van der Waals surface area contributed by atoms with Crippen LogP contribution in [0.15, 0.2) is 47.4 Å². The molecule has 0 radical (unpaired) electrons. The molecule has 0 atom stereocenters. The zero-order valence-corrected chi connectivity index (χ0v) is 12.0. The van der Waals surface area contributed by atoms with Crippen molar-refractivity contribution in [3.63, 3.8) is 0 Å². The topological polar surface area (TPSA) is 132 Å². The predicted molar refractivity (Wildman–Crippen MR) is 77.0 cm³/mol. The van der Waals surface area contributed by atoms with Gasteiger partial charge in [-0.05, 0) is 18.2 Å². The van der Waals surface area contributed by atoms with Gasteiger partial charge < -0.3 is 0 Å². The zero-order valence-electron chi connectivity index (χ0n) is 11.2. The van der Waals surface area contributed by atoms with Crippen LogP contribution >= 0.6 is 0 Å². The second-order valence-electron chi connectivity index (χ2n) is 4.28. The van der Waals surface area contributed by atoms with E-state index >= 15 is 0 Å². The van der Waals surface area contributed by atoms with Crippen LogP contribution < -0.4 is 4.72 Å². The summed E-state index contributed by atoms with van der Waals surface area (Å²) < 4.78 is 39.7. The Morgan fingerprint density at radius 1 is 0.913 bits per heavy atom. The number of hydrogen-bond acceptors (Lipinski definition) is 6. The van der Waals surface area contributed by atoms with Gasteiger partial charge in [-0.3, -0.25) is 25.0 Å². The monoisotopic (exact) mass is 341 g/mol. The number of nitrogens with zero attached hydrogens (tertiary/aromatic N) is 2. The van der Waals surface area contributed by atoms with Crippen LogP contribution in [0.2, 0.25) is 0 Å². The number of anilines is 1. The Morgan fingerprint density at radius 2 is 1.43 bits per heavy atom. The summed E-state index contributed by atoms with van der Waals surface area (Å²) >= 11 is 0. The van der Waals surface area contributed by atoms with Crippen molar-refractivity contribution in [3.8, 4) is 0 Å². The molecule has 120 valence electrons. The van der Waals surface area contributed by atoms with Gasteiger partial charge in [0.1, 0.15) is 5.82 Å². The standard InChI is InChI=1S/C12H8FN3O6S/c13-11-6-3-9(16(19)20)7-12(11)14-23(21,22)10-4-1-8(2-5-10)15(17)18/h1-7,14H. The van der Waals surface area contributed by atoms with E-state index in [1.54, 1.807) is 0 Å². The molecular weight excluding hydrogens is 333 g/mol. The minimum atomic E-state index is -4.26. The summed E-state index contributed by atoms with van der Waals surface area (Å²) in [6.07, 6.45) is 0. The molecule has 0 saturated carbocycles. The number of non-ortho nitro benzene ring substituents is 2. The van der Waals surface area contributed by atoms with Crippen molar-refractivity contribution in [3.05, 3.63) is 68.5 Å². The van der Waals surface area contributed by atoms with E-state index in [-0.39, 0.29) is 10.6 Å². The van der Waals surface area contributed by atoms with Crippen molar-refractivity contribution in [1.29, 1.82) is 0 Å². The van der Waals surface area contributed by atoms with Crippen molar-refractivity contribution in [2.75, 3.05) is 4.72 Å². The number of rotatable bonds is 5. The molecule has 11 heteroatoms. The number of sulfonamides is 1. The van der Waals surface area contributed by atoms with Gasteiger partial charge in [0.05, 0.1) is 20.4 Å². The normalized spacial score (nSPS) is 11.0. The molecule has 0 aliphatic carbocycles. The van der Waals surface area contributed by atoms with E-state index in [4.69, 9.17) is 0 Å². The van der Waals surface area contributed by atoms with E-state index in [2.05, 4.69) is 0 Å². The van der Waals surface area contributed by atoms with Crippen LogP contribution in [-0.2, 0) is 10.0 Å². The van der Waals surface area contributed by atoms with E-state index < -0.39 is 37.1 Å². The molecule has 2 rings (SSSR count). The summed E-state index contributed by atoms with van der Waals surface area (Å²) in [7, 11) is -4.26. The molecule has 0 spiro atoms. The second kappa shape index (κ2) is 5.96. The van der Waals surface area contributed by atoms with Crippen molar-refractivity contribution in [1.82, 2.24) is 0 Å². The summed E-state index contributed by atoms with van der Waals surface area (Å²) in [5, 5.41) is 21.2. The first kappa shape index (κ1) is 16.3. The van der Waals surface area contributed by atoms with Gasteiger partial charge in [0, 0.05) is 24.3 Å². The lowest BCUT2D eigenvalue weighted by molar-refractivity contribution is -0.385. The first-order valence-electron chi connectivity index (χ1n) is 5.92. The number of hydrogen-bond donors (Lipinski definition) is 1. The van der Waals surface area contributed by atoms with Crippen molar-refractivity contribution in [2.45, 2.75) is 4.90 Å². The molecule has 0 saturated heterocycles. The quantitative estimate of drug-likeness (QED) is 0.656. The molecule has 0 aromatic heterocycles. The molecule has 0 aliphatic rings. The van der Waals surface area contributed by atoms with Crippen molar-refractivity contribution < 1.29 is 22.7 Å². The molecule has 0 fully saturated rings. The van der Waals surface area contributed by atoms with Crippen molar-refractivity contribution in [2.24, 2.45) is 0 Å². The maximum atomic E-state index is 13.6. The van der Waals surface area contributed by atoms with Gasteiger partial charge in [-0.25, -0.2) is 12.8 Å². The van der Waals surface area contributed by atoms with Crippen LogP contribution in [0.5, 0.6) is 0 Å². The summed E-state index contributed by atoms with van der Waals surface area (Å²) in [5.74, 6) is -0.999. The van der Waals surface area contributed by atoms with E-state index in [1.165, 1.54) is 0 Å². The van der Waals surface area contributed by atoms with Gasteiger partial charge in [0.25, 0.3) is 21.4 Å². The lowest BCUT2D eigenvalue weighted by Gasteiger charge is -2.08. The molecule has 0 bridgehead atoms. The minimum absolute atomic E-state index is 0.314.